The van der Waals surface area contributed by atoms with Crippen LogP contribution in [0.25, 0.3) is 0 Å². The molecule has 6 heteroatoms. The van der Waals surface area contributed by atoms with Crippen LogP contribution < -0.4 is 10.2 Å². The number of nitrogens with zero attached hydrogens (tertiary/aromatic N) is 2. The van der Waals surface area contributed by atoms with Gasteiger partial charge in [-0.25, -0.2) is 4.98 Å². The molecule has 120 valence electrons. The number of rotatable bonds is 7. The lowest BCUT2D eigenvalue weighted by Crippen LogP contribution is -2.36. The average Bonchev–Trinajstić information content (AvgIpc) is 2.88. The van der Waals surface area contributed by atoms with Crippen molar-refractivity contribution in [1.82, 2.24) is 10.3 Å². The van der Waals surface area contributed by atoms with Crippen LogP contribution in [0.3, 0.4) is 0 Å². The van der Waals surface area contributed by atoms with E-state index in [2.05, 4.69) is 42.7 Å². The van der Waals surface area contributed by atoms with E-state index in [1.54, 1.807) is 7.11 Å². The molecule has 0 aliphatic carbocycles. The normalized spacial score (nSPS) is 19.5. The van der Waals surface area contributed by atoms with E-state index in [1.807, 2.05) is 11.3 Å². The lowest BCUT2D eigenvalue weighted by molar-refractivity contribution is 0.199. The zero-order valence-electron chi connectivity index (χ0n) is 13.5. The van der Waals surface area contributed by atoms with Crippen molar-refractivity contribution in [2.75, 3.05) is 44.0 Å². The minimum absolute atomic E-state index is 0.478. The van der Waals surface area contributed by atoms with Crippen LogP contribution in [0.5, 0.6) is 0 Å². The molecule has 1 N–H and O–H groups in total. The molecule has 0 spiro atoms. The number of thioether (sulfide) groups is 1. The van der Waals surface area contributed by atoms with Gasteiger partial charge in [0.1, 0.15) is 0 Å². The lowest BCUT2D eigenvalue weighted by atomic mass is 10.1. The lowest BCUT2D eigenvalue weighted by Gasteiger charge is -2.30. The predicted octanol–water partition coefficient (Wildman–Crippen LogP) is 2.94. The standard InChI is InChI=1S/C15H27N3OS2/c1-11(2)14-13(9-16-5-7-19-4)21-15(17-14)18-6-8-20-12(3)10-18/h11-12,16H,5-10H2,1-4H3. The van der Waals surface area contributed by atoms with Gasteiger partial charge in [0.05, 0.1) is 12.3 Å². The van der Waals surface area contributed by atoms with Crippen molar-refractivity contribution < 1.29 is 4.74 Å². The molecule has 1 aliphatic rings. The summed E-state index contributed by atoms with van der Waals surface area (Å²) in [6, 6.07) is 0. The molecule has 0 amide bonds. The van der Waals surface area contributed by atoms with Crippen molar-refractivity contribution in [3.05, 3.63) is 10.6 Å². The smallest absolute Gasteiger partial charge is 0.185 e. The van der Waals surface area contributed by atoms with Crippen LogP contribution in [0.2, 0.25) is 0 Å². The minimum Gasteiger partial charge on any atom is -0.383 e. The van der Waals surface area contributed by atoms with Crippen molar-refractivity contribution in [3.8, 4) is 0 Å². The third-order valence-electron chi connectivity index (χ3n) is 3.54. The topological polar surface area (TPSA) is 37.4 Å². The fraction of sp³-hybridized carbons (Fsp3) is 0.800. The van der Waals surface area contributed by atoms with Crippen LogP contribution in [0.15, 0.2) is 0 Å². The molecule has 2 rings (SSSR count). The van der Waals surface area contributed by atoms with Gasteiger partial charge in [0.15, 0.2) is 5.13 Å². The Morgan fingerprint density at radius 1 is 1.48 bits per heavy atom. The highest BCUT2D eigenvalue weighted by Gasteiger charge is 2.22. The van der Waals surface area contributed by atoms with Gasteiger partial charge in [-0.2, -0.15) is 11.8 Å². The van der Waals surface area contributed by atoms with E-state index >= 15 is 0 Å². The zero-order valence-corrected chi connectivity index (χ0v) is 15.1. The molecule has 1 saturated heterocycles. The Morgan fingerprint density at radius 2 is 2.29 bits per heavy atom. The van der Waals surface area contributed by atoms with Crippen LogP contribution in [0.1, 0.15) is 37.3 Å². The summed E-state index contributed by atoms with van der Waals surface area (Å²) in [7, 11) is 1.74. The Balaban J connectivity index is 2.05. The van der Waals surface area contributed by atoms with Crippen molar-refractivity contribution in [1.29, 1.82) is 0 Å². The van der Waals surface area contributed by atoms with Gasteiger partial charge in [-0.15, -0.1) is 11.3 Å². The third kappa shape index (κ3) is 4.84. The zero-order chi connectivity index (χ0) is 15.2. The van der Waals surface area contributed by atoms with Crippen molar-refractivity contribution in [2.24, 2.45) is 0 Å². The summed E-state index contributed by atoms with van der Waals surface area (Å²) in [4.78, 5) is 8.76. The van der Waals surface area contributed by atoms with E-state index in [4.69, 9.17) is 9.72 Å². The van der Waals surface area contributed by atoms with E-state index in [9.17, 15) is 0 Å². The van der Waals surface area contributed by atoms with E-state index < -0.39 is 0 Å². The van der Waals surface area contributed by atoms with Gasteiger partial charge in [0, 0.05) is 49.2 Å². The molecule has 0 saturated carbocycles. The number of aromatic nitrogens is 1. The molecule has 1 fully saturated rings. The largest absolute Gasteiger partial charge is 0.383 e. The molecule has 1 aliphatic heterocycles. The summed E-state index contributed by atoms with van der Waals surface area (Å²) in [6.07, 6.45) is 0. The average molecular weight is 330 g/mol. The van der Waals surface area contributed by atoms with Crippen molar-refractivity contribution >= 4 is 28.2 Å². The Bertz CT molecular complexity index is 437. The summed E-state index contributed by atoms with van der Waals surface area (Å²) in [5.74, 6) is 1.69. The maximum atomic E-state index is 5.08. The first-order chi connectivity index (χ1) is 10.1. The first kappa shape index (κ1) is 17.1. The van der Waals surface area contributed by atoms with E-state index in [-0.39, 0.29) is 0 Å². The second-order valence-electron chi connectivity index (χ2n) is 5.76. The quantitative estimate of drug-likeness (QED) is 0.779. The molecule has 21 heavy (non-hydrogen) atoms. The fourth-order valence-electron chi connectivity index (χ4n) is 2.43. The second kappa shape index (κ2) is 8.36. The molecule has 2 heterocycles. The molecule has 0 radical (unpaired) electrons. The van der Waals surface area contributed by atoms with Crippen LogP contribution in [0, 0.1) is 0 Å². The SMILES string of the molecule is COCCNCc1sc(N2CCSC(C)C2)nc1C(C)C. The third-order valence-corrected chi connectivity index (χ3v) is 5.81. The number of anilines is 1. The second-order valence-corrected chi connectivity index (χ2v) is 8.36. The fourth-order valence-corrected chi connectivity index (χ4v) is 4.66. The van der Waals surface area contributed by atoms with Gasteiger partial charge in [-0.05, 0) is 5.92 Å². The molecule has 4 nitrogen and oxygen atoms in total. The van der Waals surface area contributed by atoms with E-state index in [1.165, 1.54) is 21.5 Å². The maximum absolute atomic E-state index is 5.08. The highest BCUT2D eigenvalue weighted by Crippen LogP contribution is 2.33. The monoisotopic (exact) mass is 329 g/mol. The van der Waals surface area contributed by atoms with Gasteiger partial charge < -0.3 is 15.0 Å². The Morgan fingerprint density at radius 3 is 2.95 bits per heavy atom. The summed E-state index contributed by atoms with van der Waals surface area (Å²) in [5, 5.41) is 5.35. The molecule has 1 atom stereocenters. The molecule has 1 unspecified atom stereocenters. The number of hydrogen-bond donors (Lipinski definition) is 1. The molecule has 0 aromatic carbocycles. The number of ether oxygens (including phenoxy) is 1. The Kier molecular flexibility index (Phi) is 6.79. The van der Waals surface area contributed by atoms with Gasteiger partial charge in [0.25, 0.3) is 0 Å². The van der Waals surface area contributed by atoms with Gasteiger partial charge in [-0.3, -0.25) is 0 Å². The summed E-state index contributed by atoms with van der Waals surface area (Å²) in [6.45, 7) is 11.5. The van der Waals surface area contributed by atoms with Crippen LogP contribution in [-0.4, -0.2) is 49.3 Å². The Hall–Kier alpha value is -0.300. The van der Waals surface area contributed by atoms with E-state index in [0.717, 1.165) is 32.8 Å². The summed E-state index contributed by atoms with van der Waals surface area (Å²) in [5.41, 5.74) is 1.26. The molecule has 1 aromatic rings. The number of methoxy groups -OCH3 is 1. The molecular weight excluding hydrogens is 302 g/mol. The first-order valence-corrected chi connectivity index (χ1v) is 9.54. The summed E-state index contributed by atoms with van der Waals surface area (Å²) < 4.78 is 5.08. The maximum Gasteiger partial charge on any atom is 0.185 e. The number of nitrogens with one attached hydrogen (secondary N) is 1. The number of hydrogen-bond acceptors (Lipinski definition) is 6. The molecular formula is C15H27N3OS2. The highest BCUT2D eigenvalue weighted by atomic mass is 32.2. The van der Waals surface area contributed by atoms with Gasteiger partial charge >= 0.3 is 0 Å². The first-order valence-electron chi connectivity index (χ1n) is 7.67. The minimum atomic E-state index is 0.478. The van der Waals surface area contributed by atoms with Crippen LogP contribution >= 0.6 is 23.1 Å². The predicted molar refractivity (Wildman–Crippen MR) is 93.9 cm³/mol. The summed E-state index contributed by atoms with van der Waals surface area (Å²) >= 11 is 3.92. The van der Waals surface area contributed by atoms with Crippen LogP contribution in [-0.2, 0) is 11.3 Å². The van der Waals surface area contributed by atoms with Crippen LogP contribution in [0.4, 0.5) is 5.13 Å². The number of thiazole rings is 1. The Labute approximate surface area is 136 Å². The van der Waals surface area contributed by atoms with Crippen molar-refractivity contribution in [2.45, 2.75) is 38.5 Å². The van der Waals surface area contributed by atoms with Gasteiger partial charge in [0.2, 0.25) is 0 Å². The van der Waals surface area contributed by atoms with Crippen molar-refractivity contribution in [3.63, 3.8) is 0 Å². The molecule has 0 bridgehead atoms. The van der Waals surface area contributed by atoms with E-state index in [0.29, 0.717) is 11.2 Å². The molecule has 1 aromatic heterocycles. The highest BCUT2D eigenvalue weighted by molar-refractivity contribution is 8.00. The van der Waals surface area contributed by atoms with Gasteiger partial charge in [-0.1, -0.05) is 20.8 Å².